The van der Waals surface area contributed by atoms with Gasteiger partial charge in [-0.1, -0.05) is 6.92 Å². The fourth-order valence-electron chi connectivity index (χ4n) is 3.47. The minimum absolute atomic E-state index is 0.288. The average molecular weight is 277 g/mol. The van der Waals surface area contributed by atoms with Crippen molar-refractivity contribution in [1.29, 1.82) is 0 Å². The fraction of sp³-hybridized carbons (Fsp3) is 0.867. The lowest BCUT2D eigenvalue weighted by Crippen LogP contribution is -2.64. The Morgan fingerprint density at radius 1 is 1.40 bits per heavy atom. The first kappa shape index (κ1) is 14.0. The highest BCUT2D eigenvalue weighted by atomic mass is 15.4. The van der Waals surface area contributed by atoms with Crippen LogP contribution < -0.4 is 5.32 Å². The van der Waals surface area contributed by atoms with Gasteiger partial charge >= 0.3 is 0 Å². The zero-order valence-electron chi connectivity index (χ0n) is 13.0. The molecule has 1 aliphatic carbocycles. The summed E-state index contributed by atoms with van der Waals surface area (Å²) in [4.78, 5) is 7.13. The van der Waals surface area contributed by atoms with Gasteiger partial charge in [-0.2, -0.15) is 5.10 Å². The topological polar surface area (TPSA) is 46.0 Å². The van der Waals surface area contributed by atoms with Crippen LogP contribution in [0.2, 0.25) is 0 Å². The highest BCUT2D eigenvalue weighted by Crippen LogP contribution is 2.44. The first-order valence-electron chi connectivity index (χ1n) is 8.02. The summed E-state index contributed by atoms with van der Waals surface area (Å²) in [6.07, 6.45) is 5.64. The Balaban J connectivity index is 1.79. The Labute approximate surface area is 121 Å². The summed E-state index contributed by atoms with van der Waals surface area (Å²) < 4.78 is 2.02. The molecule has 1 aliphatic heterocycles. The lowest BCUT2D eigenvalue weighted by atomic mass is 9.89. The van der Waals surface area contributed by atoms with Gasteiger partial charge in [0.2, 0.25) is 0 Å². The second-order valence-electron chi connectivity index (χ2n) is 6.49. The standard InChI is InChI=1S/C15H27N5/c1-4-13-8-19(9-14-17-11-18-20(14)5-2)15(3,10-16-13)12-6-7-12/h11-13,16H,4-10H2,1-3H3. The molecule has 2 unspecified atom stereocenters. The summed E-state index contributed by atoms with van der Waals surface area (Å²) in [5.74, 6) is 1.96. The Bertz CT molecular complexity index is 453. The van der Waals surface area contributed by atoms with E-state index in [1.807, 2.05) is 4.68 Å². The zero-order chi connectivity index (χ0) is 14.2. The van der Waals surface area contributed by atoms with Crippen LogP contribution in [0.4, 0.5) is 0 Å². The second kappa shape index (κ2) is 5.45. The number of aromatic nitrogens is 3. The van der Waals surface area contributed by atoms with E-state index in [4.69, 9.17) is 0 Å². The molecule has 2 heterocycles. The maximum Gasteiger partial charge on any atom is 0.141 e. The number of rotatable bonds is 5. The van der Waals surface area contributed by atoms with Gasteiger partial charge in [0, 0.05) is 31.2 Å². The third kappa shape index (κ3) is 2.49. The Morgan fingerprint density at radius 3 is 2.85 bits per heavy atom. The molecule has 0 amide bonds. The molecule has 3 rings (SSSR count). The number of hydrogen-bond acceptors (Lipinski definition) is 4. The summed E-state index contributed by atoms with van der Waals surface area (Å²) in [6.45, 7) is 10.9. The highest BCUT2D eigenvalue weighted by molar-refractivity contribution is 5.06. The number of nitrogens with one attached hydrogen (secondary N) is 1. The quantitative estimate of drug-likeness (QED) is 0.889. The van der Waals surface area contributed by atoms with Crippen LogP contribution in [0.3, 0.4) is 0 Å². The fourth-order valence-corrected chi connectivity index (χ4v) is 3.47. The minimum Gasteiger partial charge on any atom is -0.311 e. The van der Waals surface area contributed by atoms with Crippen LogP contribution >= 0.6 is 0 Å². The van der Waals surface area contributed by atoms with Crippen LogP contribution in [-0.2, 0) is 13.1 Å². The predicted molar refractivity (Wildman–Crippen MR) is 79.3 cm³/mol. The molecular weight excluding hydrogens is 250 g/mol. The summed E-state index contributed by atoms with van der Waals surface area (Å²) >= 11 is 0. The molecule has 1 aromatic rings. The molecule has 5 heteroatoms. The van der Waals surface area contributed by atoms with Crippen molar-refractivity contribution in [2.75, 3.05) is 13.1 Å². The molecule has 1 saturated heterocycles. The molecule has 5 nitrogen and oxygen atoms in total. The third-order valence-corrected chi connectivity index (χ3v) is 5.19. The molecule has 2 atom stereocenters. The van der Waals surface area contributed by atoms with E-state index in [0.717, 1.165) is 37.9 Å². The second-order valence-corrected chi connectivity index (χ2v) is 6.49. The van der Waals surface area contributed by atoms with Gasteiger partial charge in [0.05, 0.1) is 6.54 Å². The molecule has 0 radical (unpaired) electrons. The van der Waals surface area contributed by atoms with Crippen LogP contribution in [0.25, 0.3) is 0 Å². The van der Waals surface area contributed by atoms with Crippen molar-refractivity contribution in [3.63, 3.8) is 0 Å². The van der Waals surface area contributed by atoms with Crippen molar-refractivity contribution in [2.45, 2.75) is 64.7 Å². The molecule has 1 saturated carbocycles. The lowest BCUT2D eigenvalue weighted by Gasteiger charge is -2.48. The Kier molecular flexibility index (Phi) is 3.82. The van der Waals surface area contributed by atoms with Crippen molar-refractivity contribution in [3.8, 4) is 0 Å². The maximum absolute atomic E-state index is 4.47. The largest absolute Gasteiger partial charge is 0.311 e. The maximum atomic E-state index is 4.47. The smallest absolute Gasteiger partial charge is 0.141 e. The van der Waals surface area contributed by atoms with Gasteiger partial charge < -0.3 is 5.32 Å². The van der Waals surface area contributed by atoms with Gasteiger partial charge in [-0.3, -0.25) is 4.90 Å². The lowest BCUT2D eigenvalue weighted by molar-refractivity contribution is 0.0239. The molecule has 2 aliphatic rings. The molecular formula is C15H27N5. The molecule has 0 aromatic carbocycles. The first-order valence-corrected chi connectivity index (χ1v) is 8.02. The van der Waals surface area contributed by atoms with Gasteiger partial charge in [0.1, 0.15) is 12.2 Å². The Morgan fingerprint density at radius 2 is 2.20 bits per heavy atom. The first-order chi connectivity index (χ1) is 9.67. The molecule has 20 heavy (non-hydrogen) atoms. The number of hydrogen-bond donors (Lipinski definition) is 1. The van der Waals surface area contributed by atoms with Crippen molar-refractivity contribution in [3.05, 3.63) is 12.2 Å². The van der Waals surface area contributed by atoms with Crippen LogP contribution in [0.1, 0.15) is 45.9 Å². The highest BCUT2D eigenvalue weighted by Gasteiger charge is 2.48. The van der Waals surface area contributed by atoms with Crippen LogP contribution in [0.5, 0.6) is 0 Å². The zero-order valence-corrected chi connectivity index (χ0v) is 13.0. The van der Waals surface area contributed by atoms with E-state index in [0.29, 0.717) is 6.04 Å². The van der Waals surface area contributed by atoms with Gasteiger partial charge in [0.15, 0.2) is 0 Å². The molecule has 2 fully saturated rings. The van der Waals surface area contributed by atoms with Gasteiger partial charge in [-0.25, -0.2) is 9.67 Å². The minimum atomic E-state index is 0.288. The van der Waals surface area contributed by atoms with E-state index >= 15 is 0 Å². The monoisotopic (exact) mass is 277 g/mol. The van der Waals surface area contributed by atoms with Gasteiger partial charge in [0.25, 0.3) is 0 Å². The van der Waals surface area contributed by atoms with Crippen LogP contribution in [0.15, 0.2) is 6.33 Å². The SMILES string of the molecule is CCC1CN(Cc2ncnn2CC)C(C)(C2CC2)CN1. The summed E-state index contributed by atoms with van der Waals surface area (Å²) in [5, 5.41) is 8.05. The summed E-state index contributed by atoms with van der Waals surface area (Å²) in [5.41, 5.74) is 0.288. The van der Waals surface area contributed by atoms with Crippen LogP contribution in [-0.4, -0.2) is 44.3 Å². The van der Waals surface area contributed by atoms with E-state index in [9.17, 15) is 0 Å². The normalized spacial score (nSPS) is 31.6. The summed E-state index contributed by atoms with van der Waals surface area (Å²) in [6, 6.07) is 0.611. The predicted octanol–water partition coefficient (Wildman–Crippen LogP) is 1.65. The number of aryl methyl sites for hydroxylation is 1. The van der Waals surface area contributed by atoms with Crippen molar-refractivity contribution in [2.24, 2.45) is 5.92 Å². The molecule has 0 spiro atoms. The number of nitrogens with zero attached hydrogens (tertiary/aromatic N) is 4. The van der Waals surface area contributed by atoms with E-state index in [2.05, 4.69) is 41.1 Å². The molecule has 1 aromatic heterocycles. The van der Waals surface area contributed by atoms with E-state index < -0.39 is 0 Å². The van der Waals surface area contributed by atoms with E-state index in [1.54, 1.807) is 6.33 Å². The van der Waals surface area contributed by atoms with Crippen molar-refractivity contribution < 1.29 is 0 Å². The Hall–Kier alpha value is -0.940. The molecule has 0 bridgehead atoms. The van der Waals surface area contributed by atoms with Gasteiger partial charge in [-0.05, 0) is 39.0 Å². The van der Waals surface area contributed by atoms with Crippen molar-refractivity contribution in [1.82, 2.24) is 25.0 Å². The van der Waals surface area contributed by atoms with E-state index in [-0.39, 0.29) is 5.54 Å². The average Bonchev–Trinajstić information content (AvgIpc) is 3.23. The number of piperazine rings is 1. The van der Waals surface area contributed by atoms with Crippen molar-refractivity contribution >= 4 is 0 Å². The molecule has 112 valence electrons. The third-order valence-electron chi connectivity index (χ3n) is 5.19. The van der Waals surface area contributed by atoms with Gasteiger partial charge in [-0.15, -0.1) is 0 Å². The summed E-state index contributed by atoms with van der Waals surface area (Å²) in [7, 11) is 0. The molecule has 1 N–H and O–H groups in total. The van der Waals surface area contributed by atoms with Crippen LogP contribution in [0, 0.1) is 5.92 Å². The van der Waals surface area contributed by atoms with E-state index in [1.165, 1.54) is 19.3 Å².